The highest BCUT2D eigenvalue weighted by molar-refractivity contribution is 6.37. The lowest BCUT2D eigenvalue weighted by Gasteiger charge is -2.08. The number of hydrogen-bond donors (Lipinski definition) is 0. The molecule has 1 aromatic rings. The second-order valence-electron chi connectivity index (χ2n) is 2.40. The van der Waals surface area contributed by atoms with Gasteiger partial charge in [-0.05, 0) is 0 Å². The number of benzene rings is 1. The molecule has 0 fully saturated rings. The molecule has 76 valence electrons. The number of aldehydes is 1. The number of methoxy groups -OCH3 is 1. The normalized spacial score (nSPS) is 9.64. The van der Waals surface area contributed by atoms with Gasteiger partial charge in [0.05, 0.1) is 17.2 Å². The molecule has 0 unspecified atom stereocenters. The van der Waals surface area contributed by atoms with Gasteiger partial charge in [-0.15, -0.1) is 0 Å². The molecule has 0 aliphatic heterocycles. The summed E-state index contributed by atoms with van der Waals surface area (Å²) in [5, 5.41) is 0.632. The minimum absolute atomic E-state index is 0.0776. The summed E-state index contributed by atoms with van der Waals surface area (Å²) in [5.74, 6) is 0.833. The fourth-order valence-electron chi connectivity index (χ4n) is 0.910. The Morgan fingerprint density at radius 1 is 1.36 bits per heavy atom. The van der Waals surface area contributed by atoms with Crippen LogP contribution in [-0.4, -0.2) is 20.0 Å². The Morgan fingerprint density at radius 2 is 1.93 bits per heavy atom. The van der Waals surface area contributed by atoms with Crippen LogP contribution in [0.2, 0.25) is 10.0 Å². The Bertz CT molecular complexity index is 316. The molecule has 0 amide bonds. The Labute approximate surface area is 91.5 Å². The van der Waals surface area contributed by atoms with Crippen molar-refractivity contribution in [2.75, 3.05) is 13.7 Å². The second kappa shape index (κ2) is 5.08. The zero-order chi connectivity index (χ0) is 10.6. The summed E-state index contributed by atoms with van der Waals surface area (Å²) in [5.41, 5.74) is 0. The highest BCUT2D eigenvalue weighted by atomic mass is 35.5. The van der Waals surface area contributed by atoms with Crippen LogP contribution in [0.3, 0.4) is 0 Å². The lowest BCUT2D eigenvalue weighted by Crippen LogP contribution is -1.99. The topological polar surface area (TPSA) is 35.5 Å². The molecule has 0 atom stereocenters. The molecule has 1 rings (SSSR count). The maximum Gasteiger partial charge on any atom is 0.157 e. The SMILES string of the molecule is COc1cc(Cl)c(OCC=O)c(Cl)c1. The average Bonchev–Trinajstić information content (AvgIpc) is 2.16. The van der Waals surface area contributed by atoms with Gasteiger partial charge in [-0.3, -0.25) is 4.79 Å². The number of hydrogen-bond acceptors (Lipinski definition) is 3. The van der Waals surface area contributed by atoms with Gasteiger partial charge in [-0.25, -0.2) is 0 Å². The molecule has 0 spiro atoms. The van der Waals surface area contributed by atoms with Crippen molar-refractivity contribution >= 4 is 29.5 Å². The van der Waals surface area contributed by atoms with Crippen molar-refractivity contribution in [3.8, 4) is 11.5 Å². The first-order valence-corrected chi connectivity index (χ1v) is 4.54. The third kappa shape index (κ3) is 2.53. The maximum absolute atomic E-state index is 10.1. The van der Waals surface area contributed by atoms with Crippen LogP contribution in [0.15, 0.2) is 12.1 Å². The number of carbonyl (C=O) groups is 1. The molecule has 5 heteroatoms. The molecular weight excluding hydrogens is 227 g/mol. The fourth-order valence-corrected chi connectivity index (χ4v) is 1.49. The van der Waals surface area contributed by atoms with Crippen LogP contribution in [0, 0.1) is 0 Å². The quantitative estimate of drug-likeness (QED) is 0.752. The largest absolute Gasteiger partial charge is 0.497 e. The zero-order valence-electron chi connectivity index (χ0n) is 7.42. The van der Waals surface area contributed by atoms with E-state index in [2.05, 4.69) is 0 Å². The molecule has 0 radical (unpaired) electrons. The van der Waals surface area contributed by atoms with E-state index in [0.717, 1.165) is 0 Å². The van der Waals surface area contributed by atoms with Gasteiger partial charge >= 0.3 is 0 Å². The summed E-state index contributed by atoms with van der Waals surface area (Å²) in [6.07, 6.45) is 0.622. The molecule has 0 N–H and O–H groups in total. The molecule has 0 heterocycles. The highest BCUT2D eigenvalue weighted by Crippen LogP contribution is 2.36. The average molecular weight is 235 g/mol. The van der Waals surface area contributed by atoms with Crippen molar-refractivity contribution in [1.29, 1.82) is 0 Å². The van der Waals surface area contributed by atoms with Crippen molar-refractivity contribution in [2.45, 2.75) is 0 Å². The van der Waals surface area contributed by atoms with E-state index < -0.39 is 0 Å². The van der Waals surface area contributed by atoms with Crippen LogP contribution in [-0.2, 0) is 4.79 Å². The molecule has 0 aliphatic carbocycles. The second-order valence-corrected chi connectivity index (χ2v) is 3.21. The number of rotatable bonds is 4. The molecule has 3 nitrogen and oxygen atoms in total. The monoisotopic (exact) mass is 234 g/mol. The Kier molecular flexibility index (Phi) is 4.04. The van der Waals surface area contributed by atoms with Gasteiger partial charge in [0.2, 0.25) is 0 Å². The number of halogens is 2. The van der Waals surface area contributed by atoms with Crippen LogP contribution in [0.25, 0.3) is 0 Å². The minimum Gasteiger partial charge on any atom is -0.497 e. The third-order valence-electron chi connectivity index (χ3n) is 1.50. The summed E-state index contributed by atoms with van der Waals surface area (Å²) in [4.78, 5) is 10.1. The Balaban J connectivity index is 2.98. The summed E-state index contributed by atoms with van der Waals surface area (Å²) in [7, 11) is 1.51. The first-order valence-electron chi connectivity index (χ1n) is 3.78. The molecule has 0 saturated heterocycles. The smallest absolute Gasteiger partial charge is 0.157 e. The van der Waals surface area contributed by atoms with Gasteiger partial charge in [-0.2, -0.15) is 0 Å². The van der Waals surface area contributed by atoms with E-state index in [1.165, 1.54) is 7.11 Å². The van der Waals surface area contributed by atoms with Crippen molar-refractivity contribution in [1.82, 2.24) is 0 Å². The first kappa shape index (κ1) is 11.1. The Hall–Kier alpha value is -0.930. The highest BCUT2D eigenvalue weighted by Gasteiger charge is 2.09. The summed E-state index contributed by atoms with van der Waals surface area (Å²) < 4.78 is 9.97. The Morgan fingerprint density at radius 3 is 2.36 bits per heavy atom. The third-order valence-corrected chi connectivity index (χ3v) is 2.06. The molecule has 0 saturated carbocycles. The van der Waals surface area contributed by atoms with Crippen molar-refractivity contribution in [3.05, 3.63) is 22.2 Å². The van der Waals surface area contributed by atoms with Crippen LogP contribution in [0.5, 0.6) is 11.5 Å². The maximum atomic E-state index is 10.1. The van der Waals surface area contributed by atoms with Gasteiger partial charge < -0.3 is 9.47 Å². The van der Waals surface area contributed by atoms with Gasteiger partial charge in [0.15, 0.2) is 12.0 Å². The van der Waals surface area contributed by atoms with Crippen molar-refractivity contribution in [2.24, 2.45) is 0 Å². The molecule has 14 heavy (non-hydrogen) atoms. The van der Waals surface area contributed by atoms with E-state index in [9.17, 15) is 4.79 Å². The molecule has 0 aliphatic rings. The summed E-state index contributed by atoms with van der Waals surface area (Å²) in [6.45, 7) is -0.0776. The molecule has 0 aromatic heterocycles. The van der Waals surface area contributed by atoms with Crippen LogP contribution < -0.4 is 9.47 Å². The van der Waals surface area contributed by atoms with Gasteiger partial charge in [0.25, 0.3) is 0 Å². The van der Waals surface area contributed by atoms with Gasteiger partial charge in [-0.1, -0.05) is 23.2 Å². The predicted molar refractivity (Wildman–Crippen MR) is 54.6 cm³/mol. The minimum atomic E-state index is -0.0776. The summed E-state index contributed by atoms with van der Waals surface area (Å²) >= 11 is 11.7. The number of ether oxygens (including phenoxy) is 2. The molecular formula is C9H8Cl2O3. The van der Waals surface area contributed by atoms with E-state index >= 15 is 0 Å². The van der Waals surface area contributed by atoms with Crippen LogP contribution >= 0.6 is 23.2 Å². The van der Waals surface area contributed by atoms with E-state index in [1.54, 1.807) is 12.1 Å². The fraction of sp³-hybridized carbons (Fsp3) is 0.222. The van der Waals surface area contributed by atoms with E-state index in [1.807, 2.05) is 0 Å². The number of carbonyl (C=O) groups excluding carboxylic acids is 1. The molecule has 0 bridgehead atoms. The molecule has 1 aromatic carbocycles. The van der Waals surface area contributed by atoms with Gasteiger partial charge in [0.1, 0.15) is 12.4 Å². The van der Waals surface area contributed by atoms with Crippen LogP contribution in [0.1, 0.15) is 0 Å². The zero-order valence-corrected chi connectivity index (χ0v) is 8.93. The standard InChI is InChI=1S/C9H8Cl2O3/c1-13-6-4-7(10)9(8(11)5-6)14-3-2-12/h2,4-5H,3H2,1H3. The lowest BCUT2D eigenvalue weighted by molar-refractivity contribution is -0.109. The van der Waals surface area contributed by atoms with E-state index in [4.69, 9.17) is 32.7 Å². The summed E-state index contributed by atoms with van der Waals surface area (Å²) in [6, 6.07) is 3.13. The first-order chi connectivity index (χ1) is 6.69. The van der Waals surface area contributed by atoms with Crippen molar-refractivity contribution in [3.63, 3.8) is 0 Å². The van der Waals surface area contributed by atoms with Crippen molar-refractivity contribution < 1.29 is 14.3 Å². The van der Waals surface area contributed by atoms with E-state index in [-0.39, 0.29) is 6.61 Å². The predicted octanol–water partition coefficient (Wildman–Crippen LogP) is 2.58. The van der Waals surface area contributed by atoms with Gasteiger partial charge in [0, 0.05) is 12.1 Å². The van der Waals surface area contributed by atoms with E-state index in [0.29, 0.717) is 27.8 Å². The van der Waals surface area contributed by atoms with Crippen LogP contribution in [0.4, 0.5) is 0 Å². The lowest BCUT2D eigenvalue weighted by atomic mass is 10.3.